The minimum absolute atomic E-state index is 0.109. The van der Waals surface area contributed by atoms with E-state index in [4.69, 9.17) is 4.74 Å². The topological polar surface area (TPSA) is 43.4 Å². The molecular formula is C14H18O3. The first-order valence-corrected chi connectivity index (χ1v) is 5.97. The fourth-order valence-electron chi connectivity index (χ4n) is 1.69. The van der Waals surface area contributed by atoms with Crippen LogP contribution in [0.2, 0.25) is 0 Å². The van der Waals surface area contributed by atoms with E-state index in [1.54, 1.807) is 25.1 Å². The molecule has 0 atom stereocenters. The number of Topliss-reactive ketones (excluding diaryl/α,β-unsaturated/α-hetero) is 1. The van der Waals surface area contributed by atoms with Gasteiger partial charge in [-0.25, -0.2) is 4.79 Å². The highest BCUT2D eigenvalue weighted by atomic mass is 16.5. The first-order chi connectivity index (χ1) is 8.13. The number of aryl methyl sites for hydroxylation is 1. The molecule has 1 rings (SSSR count). The molecule has 0 saturated heterocycles. The van der Waals surface area contributed by atoms with Crippen molar-refractivity contribution in [2.24, 2.45) is 0 Å². The molecule has 0 spiro atoms. The third kappa shape index (κ3) is 3.16. The van der Waals surface area contributed by atoms with Crippen LogP contribution in [0.25, 0.3) is 0 Å². The summed E-state index contributed by atoms with van der Waals surface area (Å²) in [5.41, 5.74) is 2.13. The van der Waals surface area contributed by atoms with Crippen LogP contribution in [0.4, 0.5) is 0 Å². The maximum atomic E-state index is 11.7. The number of esters is 1. The van der Waals surface area contributed by atoms with E-state index in [1.165, 1.54) is 0 Å². The van der Waals surface area contributed by atoms with Crippen LogP contribution in [0, 0.1) is 0 Å². The number of carbonyl (C=O) groups excluding carboxylic acids is 2. The molecule has 92 valence electrons. The molecule has 0 fully saturated rings. The molecule has 0 saturated carbocycles. The highest BCUT2D eigenvalue weighted by Gasteiger charge is 2.12. The Balaban J connectivity index is 3.08. The summed E-state index contributed by atoms with van der Waals surface area (Å²) >= 11 is 0. The van der Waals surface area contributed by atoms with Gasteiger partial charge in [0.15, 0.2) is 5.78 Å². The number of hydrogen-bond donors (Lipinski definition) is 0. The van der Waals surface area contributed by atoms with Gasteiger partial charge in [0.25, 0.3) is 0 Å². The van der Waals surface area contributed by atoms with E-state index >= 15 is 0 Å². The monoisotopic (exact) mass is 234 g/mol. The molecule has 3 nitrogen and oxygen atoms in total. The summed E-state index contributed by atoms with van der Waals surface area (Å²) in [5.74, 6) is -0.227. The molecule has 0 aliphatic carbocycles. The molecule has 0 bridgehead atoms. The summed E-state index contributed by atoms with van der Waals surface area (Å²) in [6, 6.07) is 5.12. The molecule has 0 aliphatic heterocycles. The maximum Gasteiger partial charge on any atom is 0.338 e. The summed E-state index contributed by atoms with van der Waals surface area (Å²) in [6.45, 7) is 5.93. The summed E-state index contributed by atoms with van der Waals surface area (Å²) in [6.07, 6.45) is 1.21. The van der Waals surface area contributed by atoms with Crippen LogP contribution in [0.3, 0.4) is 0 Å². The van der Waals surface area contributed by atoms with Gasteiger partial charge in [-0.1, -0.05) is 19.9 Å². The number of ketones is 1. The van der Waals surface area contributed by atoms with Crippen molar-refractivity contribution in [1.82, 2.24) is 0 Å². The molecule has 0 unspecified atom stereocenters. The van der Waals surface area contributed by atoms with Crippen LogP contribution in [0.5, 0.6) is 0 Å². The second kappa shape index (κ2) is 6.18. The van der Waals surface area contributed by atoms with Crippen molar-refractivity contribution >= 4 is 11.8 Å². The lowest BCUT2D eigenvalue weighted by molar-refractivity contribution is 0.0526. The molecule has 0 radical (unpaired) electrons. The van der Waals surface area contributed by atoms with E-state index in [9.17, 15) is 9.59 Å². The van der Waals surface area contributed by atoms with Crippen LogP contribution in [0.15, 0.2) is 18.2 Å². The Hall–Kier alpha value is -1.64. The van der Waals surface area contributed by atoms with E-state index in [0.29, 0.717) is 24.2 Å². The molecule has 3 heteroatoms. The first-order valence-electron chi connectivity index (χ1n) is 5.97. The van der Waals surface area contributed by atoms with Gasteiger partial charge < -0.3 is 4.74 Å². The molecule has 0 amide bonds. The van der Waals surface area contributed by atoms with Crippen molar-refractivity contribution in [2.75, 3.05) is 6.61 Å². The van der Waals surface area contributed by atoms with Gasteiger partial charge in [0.05, 0.1) is 12.2 Å². The Morgan fingerprint density at radius 3 is 2.41 bits per heavy atom. The van der Waals surface area contributed by atoms with Gasteiger partial charge in [0.2, 0.25) is 0 Å². The molecular weight excluding hydrogens is 216 g/mol. The molecule has 17 heavy (non-hydrogen) atoms. The molecule has 1 aromatic carbocycles. The van der Waals surface area contributed by atoms with Crippen molar-refractivity contribution < 1.29 is 14.3 Å². The highest BCUT2D eigenvalue weighted by Crippen LogP contribution is 2.15. The van der Waals surface area contributed by atoms with Gasteiger partial charge in [0.1, 0.15) is 0 Å². The van der Waals surface area contributed by atoms with E-state index < -0.39 is 0 Å². The van der Waals surface area contributed by atoms with Crippen LogP contribution in [-0.4, -0.2) is 18.4 Å². The first kappa shape index (κ1) is 13.4. The fourth-order valence-corrected chi connectivity index (χ4v) is 1.69. The summed E-state index contributed by atoms with van der Waals surface area (Å²) in [5, 5.41) is 0. The Morgan fingerprint density at radius 1 is 1.18 bits per heavy atom. The van der Waals surface area contributed by atoms with E-state index in [1.807, 2.05) is 13.8 Å². The van der Waals surface area contributed by atoms with Gasteiger partial charge in [-0.05, 0) is 31.0 Å². The maximum absolute atomic E-state index is 11.7. The minimum Gasteiger partial charge on any atom is -0.462 e. The predicted octanol–water partition coefficient (Wildman–Crippen LogP) is 3.02. The SMILES string of the molecule is CCOC(=O)c1ccc(C(=O)CC)c(CC)c1. The zero-order valence-corrected chi connectivity index (χ0v) is 10.6. The van der Waals surface area contributed by atoms with Gasteiger partial charge in [-0.3, -0.25) is 4.79 Å². The second-order valence-electron chi connectivity index (χ2n) is 3.72. The number of rotatable bonds is 5. The normalized spacial score (nSPS) is 10.1. The average Bonchev–Trinajstić information content (AvgIpc) is 2.37. The third-order valence-corrected chi connectivity index (χ3v) is 2.62. The lowest BCUT2D eigenvalue weighted by Gasteiger charge is -2.08. The highest BCUT2D eigenvalue weighted by molar-refractivity contribution is 5.99. The number of benzene rings is 1. The van der Waals surface area contributed by atoms with Crippen molar-refractivity contribution in [3.63, 3.8) is 0 Å². The molecule has 0 heterocycles. The lowest BCUT2D eigenvalue weighted by Crippen LogP contribution is -2.08. The van der Waals surface area contributed by atoms with Crippen LogP contribution in [0.1, 0.15) is 53.5 Å². The third-order valence-electron chi connectivity index (χ3n) is 2.62. The van der Waals surface area contributed by atoms with E-state index in [-0.39, 0.29) is 11.8 Å². The van der Waals surface area contributed by atoms with Gasteiger partial charge in [-0.2, -0.15) is 0 Å². The van der Waals surface area contributed by atoms with Crippen LogP contribution >= 0.6 is 0 Å². The van der Waals surface area contributed by atoms with E-state index in [2.05, 4.69) is 0 Å². The molecule has 0 aromatic heterocycles. The summed E-state index contributed by atoms with van der Waals surface area (Å²) in [4.78, 5) is 23.2. The largest absolute Gasteiger partial charge is 0.462 e. The van der Waals surface area contributed by atoms with Crippen molar-refractivity contribution in [3.05, 3.63) is 34.9 Å². The van der Waals surface area contributed by atoms with Crippen LogP contribution < -0.4 is 0 Å². The van der Waals surface area contributed by atoms with E-state index in [0.717, 1.165) is 12.0 Å². The quantitative estimate of drug-likeness (QED) is 0.581. The minimum atomic E-state index is -0.335. The smallest absolute Gasteiger partial charge is 0.338 e. The van der Waals surface area contributed by atoms with Gasteiger partial charge >= 0.3 is 5.97 Å². The Kier molecular flexibility index (Phi) is 4.88. The second-order valence-corrected chi connectivity index (χ2v) is 3.72. The zero-order valence-electron chi connectivity index (χ0n) is 10.6. The Morgan fingerprint density at radius 2 is 1.88 bits per heavy atom. The van der Waals surface area contributed by atoms with Gasteiger partial charge in [-0.15, -0.1) is 0 Å². The summed E-state index contributed by atoms with van der Waals surface area (Å²) in [7, 11) is 0. The summed E-state index contributed by atoms with van der Waals surface area (Å²) < 4.78 is 4.93. The fraction of sp³-hybridized carbons (Fsp3) is 0.429. The lowest BCUT2D eigenvalue weighted by atomic mass is 9.98. The van der Waals surface area contributed by atoms with Crippen molar-refractivity contribution in [2.45, 2.75) is 33.6 Å². The molecule has 0 N–H and O–H groups in total. The Labute approximate surface area is 102 Å². The molecule has 1 aromatic rings. The number of ether oxygens (including phenoxy) is 1. The Bertz CT molecular complexity index is 421. The number of hydrogen-bond acceptors (Lipinski definition) is 3. The van der Waals surface area contributed by atoms with Crippen molar-refractivity contribution in [3.8, 4) is 0 Å². The number of carbonyl (C=O) groups is 2. The van der Waals surface area contributed by atoms with Crippen molar-refractivity contribution in [1.29, 1.82) is 0 Å². The predicted molar refractivity (Wildman–Crippen MR) is 66.4 cm³/mol. The van der Waals surface area contributed by atoms with Crippen LogP contribution in [-0.2, 0) is 11.2 Å². The van der Waals surface area contributed by atoms with Gasteiger partial charge in [0, 0.05) is 12.0 Å². The zero-order chi connectivity index (χ0) is 12.8. The molecule has 0 aliphatic rings. The average molecular weight is 234 g/mol. The standard InChI is InChI=1S/C14H18O3/c1-4-10-9-11(14(16)17-6-3)7-8-12(10)13(15)5-2/h7-9H,4-6H2,1-3H3.